The summed E-state index contributed by atoms with van der Waals surface area (Å²) in [5, 5.41) is 14.2. The molecule has 1 heterocycles. The summed E-state index contributed by atoms with van der Waals surface area (Å²) in [5.41, 5.74) is 0.486. The van der Waals surface area contributed by atoms with Gasteiger partial charge in [-0.1, -0.05) is 30.3 Å². The van der Waals surface area contributed by atoms with E-state index in [4.69, 9.17) is 23.2 Å². The molecule has 0 saturated carbocycles. The number of aromatic nitrogens is 3. The zero-order valence-corrected chi connectivity index (χ0v) is 13.2. The number of hydrogen-bond donors (Lipinski definition) is 1. The molecule has 1 N–H and O–H groups in total. The molecule has 0 atom stereocenters. The minimum absolute atomic E-state index is 0.0165. The number of fused-ring (bicyclic) bond motifs is 2. The van der Waals surface area contributed by atoms with E-state index in [0.717, 1.165) is 21.5 Å². The lowest BCUT2D eigenvalue weighted by molar-refractivity contribution is 0.477. The van der Waals surface area contributed by atoms with Crippen LogP contribution in [0.1, 0.15) is 0 Å². The molecule has 0 radical (unpaired) electrons. The number of phenolic OH excluding ortho intramolecular Hbond substituents is 1. The van der Waals surface area contributed by atoms with Gasteiger partial charge in [0.15, 0.2) is 5.82 Å². The molecule has 3 aromatic carbocycles. The molecule has 0 aliphatic carbocycles. The smallest absolute Gasteiger partial charge is 0.227 e. The van der Waals surface area contributed by atoms with E-state index in [-0.39, 0.29) is 22.1 Å². The maximum absolute atomic E-state index is 10.3. The Morgan fingerprint density at radius 1 is 0.739 bits per heavy atom. The minimum Gasteiger partial charge on any atom is -0.507 e. The van der Waals surface area contributed by atoms with Crippen molar-refractivity contribution >= 4 is 44.7 Å². The predicted molar refractivity (Wildman–Crippen MR) is 92.0 cm³/mol. The molecule has 0 amide bonds. The third-order valence-electron chi connectivity index (χ3n) is 3.67. The second kappa shape index (κ2) is 5.33. The van der Waals surface area contributed by atoms with Crippen LogP contribution in [0.25, 0.3) is 32.9 Å². The Balaban J connectivity index is 2.12. The number of hydrogen-bond acceptors (Lipinski definition) is 4. The maximum Gasteiger partial charge on any atom is 0.227 e. The van der Waals surface area contributed by atoms with Gasteiger partial charge in [0, 0.05) is 0 Å². The Labute approximate surface area is 141 Å². The molecule has 6 heteroatoms. The fourth-order valence-corrected chi connectivity index (χ4v) is 3.04. The number of rotatable bonds is 1. The third-order valence-corrected chi connectivity index (χ3v) is 4.01. The van der Waals surface area contributed by atoms with Crippen molar-refractivity contribution in [2.24, 2.45) is 0 Å². The molecule has 0 saturated heterocycles. The Kier molecular flexibility index (Phi) is 3.29. The van der Waals surface area contributed by atoms with Crippen LogP contribution < -0.4 is 0 Å². The van der Waals surface area contributed by atoms with Gasteiger partial charge >= 0.3 is 0 Å². The standard InChI is InChI=1S/C17H9Cl2N3O/c18-16-20-15(21-17(19)22-16)14-12-8-10-4-2-1-3-9(10)7-11(12)5-6-13(14)23/h1-8,23H. The summed E-state index contributed by atoms with van der Waals surface area (Å²) < 4.78 is 0. The summed E-state index contributed by atoms with van der Waals surface area (Å²) in [6.07, 6.45) is 0. The normalized spacial score (nSPS) is 11.2. The maximum atomic E-state index is 10.3. The van der Waals surface area contributed by atoms with Crippen LogP contribution >= 0.6 is 23.2 Å². The lowest BCUT2D eigenvalue weighted by Crippen LogP contribution is -1.95. The van der Waals surface area contributed by atoms with Crippen LogP contribution in [0.4, 0.5) is 0 Å². The SMILES string of the molecule is Oc1ccc2cc3ccccc3cc2c1-c1nc(Cl)nc(Cl)n1. The van der Waals surface area contributed by atoms with Gasteiger partial charge < -0.3 is 5.11 Å². The Morgan fingerprint density at radius 3 is 2.09 bits per heavy atom. The van der Waals surface area contributed by atoms with Crippen LogP contribution in [0.15, 0.2) is 48.5 Å². The zero-order valence-electron chi connectivity index (χ0n) is 11.7. The average Bonchev–Trinajstić information content (AvgIpc) is 2.52. The molecular weight excluding hydrogens is 333 g/mol. The first-order chi connectivity index (χ1) is 11.1. The molecule has 0 spiro atoms. The number of halogens is 2. The lowest BCUT2D eigenvalue weighted by Gasteiger charge is -2.10. The van der Waals surface area contributed by atoms with Gasteiger partial charge in [-0.2, -0.15) is 15.0 Å². The van der Waals surface area contributed by atoms with E-state index >= 15 is 0 Å². The van der Waals surface area contributed by atoms with E-state index in [1.165, 1.54) is 0 Å². The van der Waals surface area contributed by atoms with Gasteiger partial charge in [0.2, 0.25) is 10.6 Å². The van der Waals surface area contributed by atoms with Crippen LogP contribution in [0.5, 0.6) is 5.75 Å². The van der Waals surface area contributed by atoms with E-state index in [2.05, 4.69) is 21.0 Å². The summed E-state index contributed by atoms with van der Waals surface area (Å²) in [7, 11) is 0. The van der Waals surface area contributed by atoms with Crippen LogP contribution in [0.2, 0.25) is 10.6 Å². The zero-order chi connectivity index (χ0) is 16.0. The van der Waals surface area contributed by atoms with Crippen LogP contribution in [-0.2, 0) is 0 Å². The molecule has 0 unspecified atom stereocenters. The highest BCUT2D eigenvalue weighted by molar-refractivity contribution is 6.31. The monoisotopic (exact) mass is 341 g/mol. The number of nitrogens with zero attached hydrogens (tertiary/aromatic N) is 3. The van der Waals surface area contributed by atoms with E-state index in [9.17, 15) is 5.11 Å². The Morgan fingerprint density at radius 2 is 1.39 bits per heavy atom. The topological polar surface area (TPSA) is 58.9 Å². The molecule has 4 nitrogen and oxygen atoms in total. The van der Waals surface area contributed by atoms with Gasteiger partial charge in [-0.3, -0.25) is 0 Å². The molecule has 0 bridgehead atoms. The summed E-state index contributed by atoms with van der Waals surface area (Å²) in [6.45, 7) is 0. The van der Waals surface area contributed by atoms with Crippen molar-refractivity contribution in [3.8, 4) is 17.1 Å². The molecule has 23 heavy (non-hydrogen) atoms. The summed E-state index contributed by atoms with van der Waals surface area (Å²) >= 11 is 11.7. The minimum atomic E-state index is -0.0165. The lowest BCUT2D eigenvalue weighted by atomic mass is 9.98. The average molecular weight is 342 g/mol. The second-order valence-electron chi connectivity index (χ2n) is 5.08. The third kappa shape index (κ3) is 2.46. The van der Waals surface area contributed by atoms with Crippen molar-refractivity contribution in [2.75, 3.05) is 0 Å². The summed E-state index contributed by atoms with van der Waals surface area (Å²) in [6, 6.07) is 15.5. The van der Waals surface area contributed by atoms with E-state index in [1.807, 2.05) is 36.4 Å². The molecule has 0 aliphatic heterocycles. The first-order valence-electron chi connectivity index (χ1n) is 6.84. The van der Waals surface area contributed by atoms with Crippen LogP contribution in [0, 0.1) is 0 Å². The van der Waals surface area contributed by atoms with E-state index in [0.29, 0.717) is 5.56 Å². The number of aromatic hydroxyl groups is 1. The fraction of sp³-hybridized carbons (Fsp3) is 0. The second-order valence-corrected chi connectivity index (χ2v) is 5.75. The van der Waals surface area contributed by atoms with Crippen LogP contribution in [0.3, 0.4) is 0 Å². The molecule has 0 fully saturated rings. The highest BCUT2D eigenvalue weighted by Crippen LogP contribution is 2.37. The summed E-state index contributed by atoms with van der Waals surface area (Å²) in [5.74, 6) is 0.305. The molecular formula is C17H9Cl2N3O. The van der Waals surface area contributed by atoms with Crippen molar-refractivity contribution < 1.29 is 5.11 Å². The largest absolute Gasteiger partial charge is 0.507 e. The van der Waals surface area contributed by atoms with E-state index in [1.54, 1.807) is 6.07 Å². The van der Waals surface area contributed by atoms with Gasteiger partial charge in [-0.15, -0.1) is 0 Å². The van der Waals surface area contributed by atoms with E-state index < -0.39 is 0 Å². The molecule has 4 aromatic rings. The highest BCUT2D eigenvalue weighted by atomic mass is 35.5. The molecule has 4 rings (SSSR count). The van der Waals surface area contributed by atoms with Gasteiger partial charge in [-0.05, 0) is 62.9 Å². The number of phenols is 1. The van der Waals surface area contributed by atoms with Gasteiger partial charge in [0.1, 0.15) is 5.75 Å². The highest BCUT2D eigenvalue weighted by Gasteiger charge is 2.15. The first-order valence-corrected chi connectivity index (χ1v) is 7.59. The van der Waals surface area contributed by atoms with Gasteiger partial charge in [0.05, 0.1) is 5.56 Å². The van der Waals surface area contributed by atoms with Gasteiger partial charge in [-0.25, -0.2) is 0 Å². The fourth-order valence-electron chi connectivity index (χ4n) is 2.68. The molecule has 1 aromatic heterocycles. The summed E-state index contributed by atoms with van der Waals surface area (Å²) in [4.78, 5) is 11.9. The van der Waals surface area contributed by atoms with Crippen molar-refractivity contribution in [1.82, 2.24) is 15.0 Å². The van der Waals surface area contributed by atoms with Crippen LogP contribution in [-0.4, -0.2) is 20.1 Å². The van der Waals surface area contributed by atoms with Crippen molar-refractivity contribution in [3.05, 3.63) is 59.1 Å². The van der Waals surface area contributed by atoms with Gasteiger partial charge in [0.25, 0.3) is 0 Å². The predicted octanol–water partition coefficient (Wildman–Crippen LogP) is 4.86. The van der Waals surface area contributed by atoms with Crippen molar-refractivity contribution in [1.29, 1.82) is 0 Å². The quantitative estimate of drug-likeness (QED) is 0.502. The number of benzene rings is 3. The van der Waals surface area contributed by atoms with Crippen molar-refractivity contribution in [2.45, 2.75) is 0 Å². The molecule has 112 valence electrons. The molecule has 0 aliphatic rings. The van der Waals surface area contributed by atoms with Crippen molar-refractivity contribution in [3.63, 3.8) is 0 Å². The Hall–Kier alpha value is -2.43. The first kappa shape index (κ1) is 14.2. The Bertz CT molecular complexity index is 1050.